The van der Waals surface area contributed by atoms with Gasteiger partial charge in [0.05, 0.1) is 8.07 Å². The maximum Gasteiger partial charge on any atom is 0.330 e. The molecule has 0 aromatic rings. The van der Waals surface area contributed by atoms with Crippen molar-refractivity contribution in [1.82, 2.24) is 0 Å². The van der Waals surface area contributed by atoms with Gasteiger partial charge < -0.3 is 5.11 Å². The van der Waals surface area contributed by atoms with E-state index in [2.05, 4.69) is 25.7 Å². The lowest BCUT2D eigenvalue weighted by Gasteiger charge is -2.18. The summed E-state index contributed by atoms with van der Waals surface area (Å²) in [6, 6.07) is 1.22. The van der Waals surface area contributed by atoms with Gasteiger partial charge in [-0.3, -0.25) is 0 Å². The predicted octanol–water partition coefficient (Wildman–Crippen LogP) is 8.53. The van der Waals surface area contributed by atoms with E-state index in [9.17, 15) is 4.79 Å². The van der Waals surface area contributed by atoms with Gasteiger partial charge in [0, 0.05) is 5.57 Å². The Bertz CT molecular complexity index is 388. The summed E-state index contributed by atoms with van der Waals surface area (Å²) in [7, 11) is -1.48. The smallest absolute Gasteiger partial charge is 0.330 e. The molecule has 0 atom stereocenters. The Labute approximate surface area is 171 Å². The number of carbonyl (C=O) groups is 1. The van der Waals surface area contributed by atoms with Gasteiger partial charge in [0.1, 0.15) is 0 Å². The lowest BCUT2D eigenvalue weighted by molar-refractivity contribution is -0.132. The van der Waals surface area contributed by atoms with Gasteiger partial charge in [-0.05, 0) is 6.92 Å². The molecule has 0 amide bonds. The van der Waals surface area contributed by atoms with E-state index in [1.54, 1.807) is 6.92 Å². The van der Waals surface area contributed by atoms with Crippen molar-refractivity contribution in [2.75, 3.05) is 0 Å². The first-order valence-electron chi connectivity index (χ1n) is 11.8. The third kappa shape index (κ3) is 18.6. The Morgan fingerprint density at radius 2 is 1.04 bits per heavy atom. The molecule has 0 aliphatic carbocycles. The van der Waals surface area contributed by atoms with Crippen LogP contribution in [0, 0.1) is 0 Å². The van der Waals surface area contributed by atoms with Crippen LogP contribution >= 0.6 is 0 Å². The summed E-state index contributed by atoms with van der Waals surface area (Å²) in [6.45, 7) is 8.58. The number of rotatable bonds is 19. The molecule has 0 saturated heterocycles. The lowest BCUT2D eigenvalue weighted by atomic mass is 10.0. The van der Waals surface area contributed by atoms with E-state index in [1.165, 1.54) is 109 Å². The molecule has 0 fully saturated rings. The van der Waals surface area contributed by atoms with Crippen LogP contribution in [0.5, 0.6) is 0 Å². The molecule has 0 saturated carbocycles. The van der Waals surface area contributed by atoms with E-state index in [4.69, 9.17) is 5.11 Å². The zero-order valence-corrected chi connectivity index (χ0v) is 20.0. The maximum atomic E-state index is 11.0. The first kappa shape index (κ1) is 26.4. The minimum Gasteiger partial charge on any atom is -0.478 e. The number of aliphatic carboxylic acids is 1. The van der Waals surface area contributed by atoms with Crippen LogP contribution in [0.25, 0.3) is 0 Å². The third-order valence-corrected chi connectivity index (χ3v) is 8.48. The summed E-state index contributed by atoms with van der Waals surface area (Å²) in [5.41, 5.74) is 2.59. The van der Waals surface area contributed by atoms with Gasteiger partial charge in [0.15, 0.2) is 0 Å². The summed E-state index contributed by atoms with van der Waals surface area (Å²) >= 11 is 0. The van der Waals surface area contributed by atoms with Crippen LogP contribution < -0.4 is 0 Å². The quantitative estimate of drug-likeness (QED) is 0.135. The molecule has 0 aromatic heterocycles. The molecule has 0 spiro atoms. The molecule has 0 rings (SSSR count). The van der Waals surface area contributed by atoms with Crippen LogP contribution in [0.2, 0.25) is 19.1 Å². The Morgan fingerprint density at radius 1 is 0.704 bits per heavy atom. The fourth-order valence-corrected chi connectivity index (χ4v) is 6.45. The summed E-state index contributed by atoms with van der Waals surface area (Å²) in [6.07, 6.45) is 22.4. The van der Waals surface area contributed by atoms with Crippen LogP contribution in [0.1, 0.15) is 117 Å². The van der Waals surface area contributed by atoms with Gasteiger partial charge in [-0.1, -0.05) is 134 Å². The summed E-state index contributed by atoms with van der Waals surface area (Å²) in [4.78, 5) is 11.0. The van der Waals surface area contributed by atoms with Crippen molar-refractivity contribution in [2.45, 2.75) is 136 Å². The van der Waals surface area contributed by atoms with Crippen molar-refractivity contribution in [3.05, 3.63) is 11.3 Å². The van der Waals surface area contributed by atoms with E-state index < -0.39 is 14.0 Å². The van der Waals surface area contributed by atoms with Gasteiger partial charge in [0.25, 0.3) is 0 Å². The summed E-state index contributed by atoms with van der Waals surface area (Å²) in [5, 5.41) is 9.01. The van der Waals surface area contributed by atoms with Gasteiger partial charge in [0.2, 0.25) is 0 Å². The van der Waals surface area contributed by atoms with Crippen LogP contribution in [0.4, 0.5) is 0 Å². The maximum absolute atomic E-state index is 11.0. The van der Waals surface area contributed by atoms with Crippen LogP contribution in [-0.2, 0) is 4.79 Å². The molecule has 160 valence electrons. The molecular weight excluding hydrogens is 348 g/mol. The molecular formula is C24H48O2Si. The number of carboxylic acids is 1. The van der Waals surface area contributed by atoms with Crippen molar-refractivity contribution in [3.63, 3.8) is 0 Å². The van der Waals surface area contributed by atoms with Crippen molar-refractivity contribution in [2.24, 2.45) is 0 Å². The highest BCUT2D eigenvalue weighted by atomic mass is 28.3. The zero-order chi connectivity index (χ0) is 20.4. The van der Waals surface area contributed by atoms with Crippen molar-refractivity contribution < 1.29 is 9.90 Å². The molecule has 27 heavy (non-hydrogen) atoms. The first-order chi connectivity index (χ1) is 12.9. The van der Waals surface area contributed by atoms with E-state index in [1.807, 2.05) is 0 Å². The highest BCUT2D eigenvalue weighted by Gasteiger charge is 2.18. The highest BCUT2D eigenvalue weighted by molar-refractivity contribution is 6.82. The Balaban J connectivity index is 3.36. The van der Waals surface area contributed by atoms with Gasteiger partial charge in [-0.25, -0.2) is 4.79 Å². The fraction of sp³-hybridized carbons (Fsp3) is 0.875. The Morgan fingerprint density at radius 3 is 1.37 bits per heavy atom. The van der Waals surface area contributed by atoms with Crippen molar-refractivity contribution in [1.29, 1.82) is 0 Å². The Hall–Kier alpha value is -0.573. The third-order valence-electron chi connectivity index (χ3n) is 5.62. The minimum atomic E-state index is -1.48. The van der Waals surface area contributed by atoms with E-state index in [0.29, 0.717) is 5.57 Å². The SMILES string of the molecule is CCCCCCCCCCCCCCCCCC[Si](C)(C)C=C(C)C(=O)O. The lowest BCUT2D eigenvalue weighted by Crippen LogP contribution is -2.23. The number of hydrogen-bond donors (Lipinski definition) is 1. The summed E-state index contributed by atoms with van der Waals surface area (Å²) in [5.74, 6) is -0.762. The van der Waals surface area contributed by atoms with Gasteiger partial charge in [-0.15, -0.1) is 0 Å². The molecule has 0 aliphatic heterocycles. The van der Waals surface area contributed by atoms with E-state index in [-0.39, 0.29) is 0 Å². The molecule has 0 aromatic carbocycles. The fourth-order valence-electron chi connectivity index (χ4n) is 3.85. The number of hydrogen-bond acceptors (Lipinski definition) is 1. The molecule has 1 N–H and O–H groups in total. The molecule has 2 nitrogen and oxygen atoms in total. The second-order valence-corrected chi connectivity index (χ2v) is 13.9. The average Bonchev–Trinajstić information content (AvgIpc) is 2.60. The van der Waals surface area contributed by atoms with Gasteiger partial charge in [-0.2, -0.15) is 0 Å². The molecule has 0 radical (unpaired) electrons. The topological polar surface area (TPSA) is 37.3 Å². The standard InChI is InChI=1S/C24H48O2Si/c1-5-6-7-8-9-10-11-12-13-14-15-16-17-18-19-20-21-27(3,4)22-23(2)24(25)26/h22H,5-21H2,1-4H3,(H,25,26). The van der Waals surface area contributed by atoms with Crippen LogP contribution in [-0.4, -0.2) is 19.1 Å². The highest BCUT2D eigenvalue weighted by Crippen LogP contribution is 2.19. The van der Waals surface area contributed by atoms with Gasteiger partial charge >= 0.3 is 5.97 Å². The van der Waals surface area contributed by atoms with Crippen molar-refractivity contribution in [3.8, 4) is 0 Å². The summed E-state index contributed by atoms with van der Waals surface area (Å²) < 4.78 is 0. The predicted molar refractivity (Wildman–Crippen MR) is 123 cm³/mol. The molecule has 0 aliphatic rings. The molecule has 0 bridgehead atoms. The van der Waals surface area contributed by atoms with E-state index >= 15 is 0 Å². The average molecular weight is 397 g/mol. The van der Waals surface area contributed by atoms with Crippen LogP contribution in [0.15, 0.2) is 11.3 Å². The molecule has 0 heterocycles. The number of carboxylic acid groups (broad SMARTS) is 1. The Kier molecular flexibility index (Phi) is 17.1. The largest absolute Gasteiger partial charge is 0.478 e. The zero-order valence-electron chi connectivity index (χ0n) is 19.0. The molecule has 3 heteroatoms. The normalized spacial score (nSPS) is 12.5. The molecule has 0 unspecified atom stereocenters. The first-order valence-corrected chi connectivity index (χ1v) is 15.1. The number of unbranched alkanes of at least 4 members (excludes halogenated alkanes) is 15. The van der Waals surface area contributed by atoms with E-state index in [0.717, 1.165) is 0 Å². The second-order valence-electron chi connectivity index (χ2n) is 9.17. The van der Waals surface area contributed by atoms with Crippen LogP contribution in [0.3, 0.4) is 0 Å². The minimum absolute atomic E-state index is 0.531. The monoisotopic (exact) mass is 396 g/mol. The second kappa shape index (κ2) is 17.5. The van der Waals surface area contributed by atoms with Crippen molar-refractivity contribution >= 4 is 14.0 Å².